The number of pyridine rings is 1. The highest BCUT2D eigenvalue weighted by Gasteiger charge is 2.21. The third-order valence-electron chi connectivity index (χ3n) is 6.24. The second-order valence-corrected chi connectivity index (χ2v) is 10.1. The molecule has 0 radical (unpaired) electrons. The molecular formula is C28H30N2O7S. The van der Waals surface area contributed by atoms with Gasteiger partial charge in [0.05, 0.1) is 51.8 Å². The van der Waals surface area contributed by atoms with Gasteiger partial charge < -0.3 is 23.7 Å². The van der Waals surface area contributed by atoms with Crippen LogP contribution in [-0.4, -0.2) is 49.0 Å². The van der Waals surface area contributed by atoms with Crippen molar-refractivity contribution in [2.75, 3.05) is 40.3 Å². The Morgan fingerprint density at radius 2 is 1.34 bits per heavy atom. The Labute approximate surface area is 222 Å². The number of fused-ring (bicyclic) bond motifs is 1. The standard InChI is InChI=1S/C28H30N2O7S/c1-17-11-20(7-8-24(17)33-2)38(31,32)30-22-16-28(37-6)26(35-4)14-19(22)12-23-21-15-27(36-5)25(34-3)13-18(21)9-10-29-23/h7-11,13-16,30H,12H2,1-6H3. The summed E-state index contributed by atoms with van der Waals surface area (Å²) in [6.07, 6.45) is 2.00. The number of nitrogens with one attached hydrogen (secondary N) is 1. The van der Waals surface area contributed by atoms with Gasteiger partial charge in [0.1, 0.15) is 5.75 Å². The first-order valence-electron chi connectivity index (χ1n) is 11.7. The van der Waals surface area contributed by atoms with Crippen molar-refractivity contribution in [3.8, 4) is 28.7 Å². The van der Waals surface area contributed by atoms with Crippen molar-refractivity contribution in [2.24, 2.45) is 0 Å². The van der Waals surface area contributed by atoms with E-state index in [1.54, 1.807) is 51.6 Å². The van der Waals surface area contributed by atoms with E-state index >= 15 is 0 Å². The van der Waals surface area contributed by atoms with Gasteiger partial charge in [-0.15, -0.1) is 0 Å². The van der Waals surface area contributed by atoms with Crippen LogP contribution in [0.25, 0.3) is 10.8 Å². The fourth-order valence-corrected chi connectivity index (χ4v) is 5.44. The number of rotatable bonds is 10. The fraction of sp³-hybridized carbons (Fsp3) is 0.250. The highest BCUT2D eigenvalue weighted by atomic mass is 32.2. The largest absolute Gasteiger partial charge is 0.496 e. The SMILES string of the molecule is COc1ccc(S(=O)(=O)Nc2cc(OC)c(OC)cc2Cc2nccc3cc(OC)c(OC)cc23)cc1C. The number of methoxy groups -OCH3 is 5. The lowest BCUT2D eigenvalue weighted by molar-refractivity contribution is 0.355. The summed E-state index contributed by atoms with van der Waals surface area (Å²) in [6.45, 7) is 1.79. The Morgan fingerprint density at radius 3 is 1.97 bits per heavy atom. The zero-order valence-electron chi connectivity index (χ0n) is 22.1. The normalized spacial score (nSPS) is 11.2. The number of hydrogen-bond donors (Lipinski definition) is 1. The molecule has 1 aromatic heterocycles. The van der Waals surface area contributed by atoms with Crippen molar-refractivity contribution < 1.29 is 32.1 Å². The van der Waals surface area contributed by atoms with E-state index in [2.05, 4.69) is 9.71 Å². The lowest BCUT2D eigenvalue weighted by Gasteiger charge is -2.18. The van der Waals surface area contributed by atoms with E-state index in [1.165, 1.54) is 27.4 Å². The Hall–Kier alpha value is -4.18. The van der Waals surface area contributed by atoms with Crippen LogP contribution in [0.15, 0.2) is 59.6 Å². The maximum Gasteiger partial charge on any atom is 0.261 e. The van der Waals surface area contributed by atoms with Crippen molar-refractivity contribution >= 4 is 26.5 Å². The molecule has 9 nitrogen and oxygen atoms in total. The van der Waals surface area contributed by atoms with E-state index in [-0.39, 0.29) is 4.90 Å². The van der Waals surface area contributed by atoms with Crippen molar-refractivity contribution in [3.63, 3.8) is 0 Å². The predicted molar refractivity (Wildman–Crippen MR) is 146 cm³/mol. The molecule has 4 rings (SSSR count). The van der Waals surface area contributed by atoms with Crippen molar-refractivity contribution in [3.05, 3.63) is 71.5 Å². The lowest BCUT2D eigenvalue weighted by atomic mass is 10.0. The molecule has 200 valence electrons. The maximum absolute atomic E-state index is 13.4. The Balaban J connectivity index is 1.82. The Morgan fingerprint density at radius 1 is 0.737 bits per heavy atom. The third-order valence-corrected chi connectivity index (χ3v) is 7.60. The molecule has 0 bridgehead atoms. The molecule has 4 aromatic rings. The monoisotopic (exact) mass is 538 g/mol. The molecule has 0 saturated heterocycles. The number of hydrogen-bond acceptors (Lipinski definition) is 8. The van der Waals surface area contributed by atoms with Crippen LogP contribution in [0.4, 0.5) is 5.69 Å². The Bertz CT molecular complexity index is 1590. The minimum atomic E-state index is -3.94. The van der Waals surface area contributed by atoms with E-state index in [4.69, 9.17) is 23.7 Å². The molecule has 1 heterocycles. The van der Waals surface area contributed by atoms with Gasteiger partial charge in [0.2, 0.25) is 0 Å². The first-order valence-corrected chi connectivity index (χ1v) is 13.1. The molecule has 1 N–H and O–H groups in total. The molecule has 0 aliphatic rings. The first kappa shape index (κ1) is 26.9. The molecule has 0 spiro atoms. The van der Waals surface area contributed by atoms with Gasteiger partial charge in [-0.05, 0) is 65.9 Å². The number of aryl methyl sites for hydroxylation is 1. The predicted octanol–water partition coefficient (Wildman–Crippen LogP) is 4.98. The average Bonchev–Trinajstić information content (AvgIpc) is 2.92. The summed E-state index contributed by atoms with van der Waals surface area (Å²) in [4.78, 5) is 4.71. The van der Waals surface area contributed by atoms with Gasteiger partial charge in [-0.25, -0.2) is 8.42 Å². The summed E-state index contributed by atoms with van der Waals surface area (Å²) in [5, 5.41) is 1.75. The average molecular weight is 539 g/mol. The minimum Gasteiger partial charge on any atom is -0.496 e. The van der Waals surface area contributed by atoms with Gasteiger partial charge in [0.15, 0.2) is 23.0 Å². The summed E-state index contributed by atoms with van der Waals surface area (Å²) in [5.74, 6) is 2.62. The molecule has 0 atom stereocenters. The minimum absolute atomic E-state index is 0.108. The molecule has 0 aliphatic carbocycles. The van der Waals surface area contributed by atoms with Gasteiger partial charge in [-0.1, -0.05) is 0 Å². The van der Waals surface area contributed by atoms with Crippen LogP contribution in [0.3, 0.4) is 0 Å². The summed E-state index contributed by atoms with van der Waals surface area (Å²) in [6, 6.07) is 13.7. The van der Waals surface area contributed by atoms with Gasteiger partial charge in [0, 0.05) is 24.1 Å². The molecule has 38 heavy (non-hydrogen) atoms. The summed E-state index contributed by atoms with van der Waals surface area (Å²) in [7, 11) is 3.77. The van der Waals surface area contributed by atoms with E-state index in [0.717, 1.165) is 16.5 Å². The molecule has 0 unspecified atom stereocenters. The van der Waals surface area contributed by atoms with Crippen LogP contribution in [-0.2, 0) is 16.4 Å². The topological polar surface area (TPSA) is 105 Å². The number of benzene rings is 3. The van der Waals surface area contributed by atoms with E-state index in [0.29, 0.717) is 52.0 Å². The smallest absolute Gasteiger partial charge is 0.261 e. The van der Waals surface area contributed by atoms with Crippen LogP contribution in [0.1, 0.15) is 16.8 Å². The quantitative estimate of drug-likeness (QED) is 0.302. The zero-order valence-corrected chi connectivity index (χ0v) is 22.9. The van der Waals surface area contributed by atoms with E-state index in [9.17, 15) is 8.42 Å². The van der Waals surface area contributed by atoms with Crippen molar-refractivity contribution in [2.45, 2.75) is 18.2 Å². The molecule has 0 fully saturated rings. The molecule has 3 aromatic carbocycles. The highest BCUT2D eigenvalue weighted by Crippen LogP contribution is 2.38. The molecule has 10 heteroatoms. The van der Waals surface area contributed by atoms with E-state index < -0.39 is 10.0 Å². The van der Waals surface area contributed by atoms with Gasteiger partial charge in [0.25, 0.3) is 10.0 Å². The summed E-state index contributed by atoms with van der Waals surface area (Å²) in [5.41, 5.74) is 2.41. The second kappa shape index (κ2) is 11.1. The molecule has 0 aliphatic heterocycles. The highest BCUT2D eigenvalue weighted by molar-refractivity contribution is 7.92. The van der Waals surface area contributed by atoms with Crippen LogP contribution in [0.5, 0.6) is 28.7 Å². The summed E-state index contributed by atoms with van der Waals surface area (Å²) >= 11 is 0. The van der Waals surface area contributed by atoms with Gasteiger partial charge in [-0.3, -0.25) is 9.71 Å². The van der Waals surface area contributed by atoms with Crippen molar-refractivity contribution in [1.29, 1.82) is 0 Å². The van der Waals surface area contributed by atoms with E-state index in [1.807, 2.05) is 18.2 Å². The van der Waals surface area contributed by atoms with Crippen molar-refractivity contribution in [1.82, 2.24) is 4.98 Å². The lowest BCUT2D eigenvalue weighted by Crippen LogP contribution is -2.15. The third kappa shape index (κ3) is 5.26. The van der Waals surface area contributed by atoms with Gasteiger partial charge >= 0.3 is 0 Å². The number of anilines is 1. The second-order valence-electron chi connectivity index (χ2n) is 8.46. The molecular weight excluding hydrogens is 508 g/mol. The number of nitrogens with zero attached hydrogens (tertiary/aromatic N) is 1. The van der Waals surface area contributed by atoms with Crippen LogP contribution in [0, 0.1) is 6.92 Å². The maximum atomic E-state index is 13.4. The number of sulfonamides is 1. The van der Waals surface area contributed by atoms with Crippen LogP contribution < -0.4 is 28.4 Å². The zero-order chi connectivity index (χ0) is 27.4. The summed E-state index contributed by atoms with van der Waals surface area (Å²) < 4.78 is 56.7. The Kier molecular flexibility index (Phi) is 7.82. The van der Waals surface area contributed by atoms with Crippen LogP contribution >= 0.6 is 0 Å². The number of aromatic nitrogens is 1. The molecule has 0 amide bonds. The number of ether oxygens (including phenoxy) is 5. The fourth-order valence-electron chi connectivity index (χ4n) is 4.26. The van der Waals surface area contributed by atoms with Gasteiger partial charge in [-0.2, -0.15) is 0 Å². The van der Waals surface area contributed by atoms with Crippen LogP contribution in [0.2, 0.25) is 0 Å². The first-order chi connectivity index (χ1) is 18.2. The molecule has 0 saturated carbocycles.